The van der Waals surface area contributed by atoms with Gasteiger partial charge in [-0.3, -0.25) is 0 Å². The first-order valence-corrected chi connectivity index (χ1v) is 6.76. The molecule has 2 heterocycles. The average Bonchev–Trinajstić information content (AvgIpc) is 3.05. The molecule has 6 nitrogen and oxygen atoms in total. The van der Waals surface area contributed by atoms with Crippen LogP contribution in [0.3, 0.4) is 0 Å². The minimum Gasteiger partial charge on any atom is -0.384 e. The molecule has 1 saturated carbocycles. The van der Waals surface area contributed by atoms with Gasteiger partial charge < -0.3 is 10.3 Å². The lowest BCUT2D eigenvalue weighted by molar-refractivity contribution is 0.385. The van der Waals surface area contributed by atoms with Crippen LogP contribution in [-0.2, 0) is 5.75 Å². The number of nitrogen functional groups attached to an aromatic ring is 1. The van der Waals surface area contributed by atoms with Crippen LogP contribution in [0.15, 0.2) is 15.7 Å². The zero-order chi connectivity index (χ0) is 12.5. The molecule has 7 heteroatoms. The molecule has 0 atom stereocenters. The van der Waals surface area contributed by atoms with Gasteiger partial charge in [-0.2, -0.15) is 4.98 Å². The monoisotopic (exact) mass is 263 g/mol. The van der Waals surface area contributed by atoms with Crippen molar-refractivity contribution < 1.29 is 4.52 Å². The number of nitrogens with two attached hydrogens (primary N) is 1. The molecular formula is C11H13N5OS. The molecule has 0 unspecified atom stereocenters. The lowest BCUT2D eigenvalue weighted by Crippen LogP contribution is -1.96. The van der Waals surface area contributed by atoms with Crippen LogP contribution in [0.5, 0.6) is 0 Å². The standard InChI is InChI=1S/C11H13N5OS/c1-6-4-8(12)14-11(13-6)18-5-9-15-10(16-17-9)7-2-3-7/h4,7H,2-3,5H2,1H3,(H2,12,13,14). The molecule has 0 spiro atoms. The summed E-state index contributed by atoms with van der Waals surface area (Å²) in [6, 6.07) is 1.74. The summed E-state index contributed by atoms with van der Waals surface area (Å²) in [4.78, 5) is 12.8. The Kier molecular flexibility index (Phi) is 2.91. The molecule has 0 aromatic carbocycles. The normalized spacial score (nSPS) is 14.9. The van der Waals surface area contributed by atoms with Crippen LogP contribution in [0.1, 0.15) is 36.2 Å². The number of aromatic nitrogens is 4. The van der Waals surface area contributed by atoms with E-state index in [-0.39, 0.29) is 0 Å². The minimum atomic E-state index is 0.481. The molecule has 2 aromatic rings. The van der Waals surface area contributed by atoms with Crippen molar-refractivity contribution in [2.45, 2.75) is 36.6 Å². The van der Waals surface area contributed by atoms with Gasteiger partial charge in [0.25, 0.3) is 0 Å². The van der Waals surface area contributed by atoms with E-state index in [9.17, 15) is 0 Å². The molecule has 1 aliphatic carbocycles. The Bertz CT molecular complexity index is 546. The molecule has 0 aliphatic heterocycles. The number of thioether (sulfide) groups is 1. The Morgan fingerprint density at radius 1 is 1.39 bits per heavy atom. The first kappa shape index (κ1) is 11.5. The van der Waals surface area contributed by atoms with Crippen LogP contribution in [-0.4, -0.2) is 20.1 Å². The Morgan fingerprint density at radius 2 is 2.22 bits per heavy atom. The Balaban J connectivity index is 1.65. The average molecular weight is 263 g/mol. The summed E-state index contributed by atoms with van der Waals surface area (Å²) in [6.07, 6.45) is 2.34. The second-order valence-electron chi connectivity index (χ2n) is 4.33. The third-order valence-corrected chi connectivity index (χ3v) is 3.44. The number of anilines is 1. The highest BCUT2D eigenvalue weighted by molar-refractivity contribution is 7.98. The Labute approximate surface area is 108 Å². The summed E-state index contributed by atoms with van der Waals surface area (Å²) < 4.78 is 5.18. The molecule has 2 aromatic heterocycles. The summed E-state index contributed by atoms with van der Waals surface area (Å²) in [6.45, 7) is 1.89. The van der Waals surface area contributed by atoms with Crippen molar-refractivity contribution in [1.29, 1.82) is 0 Å². The second kappa shape index (κ2) is 4.56. The van der Waals surface area contributed by atoms with Crippen LogP contribution in [0, 0.1) is 6.92 Å². The van der Waals surface area contributed by atoms with Crippen molar-refractivity contribution in [2.75, 3.05) is 5.73 Å². The van der Waals surface area contributed by atoms with Gasteiger partial charge in [0.1, 0.15) is 5.82 Å². The predicted octanol–water partition coefficient (Wildman–Crippen LogP) is 1.92. The van der Waals surface area contributed by atoms with E-state index in [1.165, 1.54) is 24.6 Å². The van der Waals surface area contributed by atoms with Gasteiger partial charge in [0.2, 0.25) is 5.89 Å². The van der Waals surface area contributed by atoms with E-state index >= 15 is 0 Å². The SMILES string of the molecule is Cc1cc(N)nc(SCc2nc(C3CC3)no2)n1. The fourth-order valence-electron chi connectivity index (χ4n) is 1.59. The maximum atomic E-state index is 5.66. The maximum Gasteiger partial charge on any atom is 0.237 e. The molecule has 18 heavy (non-hydrogen) atoms. The van der Waals surface area contributed by atoms with Crippen molar-refractivity contribution in [3.05, 3.63) is 23.5 Å². The van der Waals surface area contributed by atoms with E-state index in [4.69, 9.17) is 10.3 Å². The minimum absolute atomic E-state index is 0.481. The van der Waals surface area contributed by atoms with Gasteiger partial charge in [0, 0.05) is 17.7 Å². The number of hydrogen-bond acceptors (Lipinski definition) is 7. The van der Waals surface area contributed by atoms with E-state index in [1.807, 2.05) is 6.92 Å². The van der Waals surface area contributed by atoms with E-state index in [1.54, 1.807) is 6.07 Å². The number of rotatable bonds is 4. The van der Waals surface area contributed by atoms with Gasteiger partial charge in [0.15, 0.2) is 11.0 Å². The van der Waals surface area contributed by atoms with Crippen molar-refractivity contribution in [1.82, 2.24) is 20.1 Å². The van der Waals surface area contributed by atoms with Crippen molar-refractivity contribution in [3.8, 4) is 0 Å². The summed E-state index contributed by atoms with van der Waals surface area (Å²) in [5, 5.41) is 4.60. The smallest absolute Gasteiger partial charge is 0.237 e. The molecule has 94 valence electrons. The molecule has 2 N–H and O–H groups in total. The highest BCUT2D eigenvalue weighted by atomic mass is 32.2. The molecule has 0 amide bonds. The van der Waals surface area contributed by atoms with Crippen LogP contribution in [0.2, 0.25) is 0 Å². The fraction of sp³-hybridized carbons (Fsp3) is 0.455. The van der Waals surface area contributed by atoms with Crippen LogP contribution in [0.25, 0.3) is 0 Å². The van der Waals surface area contributed by atoms with E-state index in [0.717, 1.165) is 11.5 Å². The number of hydrogen-bond donors (Lipinski definition) is 1. The van der Waals surface area contributed by atoms with Gasteiger partial charge in [0.05, 0.1) is 5.75 Å². The second-order valence-corrected chi connectivity index (χ2v) is 5.27. The van der Waals surface area contributed by atoms with Crippen molar-refractivity contribution >= 4 is 17.6 Å². The van der Waals surface area contributed by atoms with Gasteiger partial charge in [-0.15, -0.1) is 0 Å². The fourth-order valence-corrected chi connectivity index (χ4v) is 2.34. The predicted molar refractivity (Wildman–Crippen MR) is 67.0 cm³/mol. The molecule has 0 saturated heterocycles. The zero-order valence-electron chi connectivity index (χ0n) is 9.96. The maximum absolute atomic E-state index is 5.66. The Hall–Kier alpha value is -1.63. The van der Waals surface area contributed by atoms with Crippen LogP contribution < -0.4 is 5.73 Å². The summed E-state index contributed by atoms with van der Waals surface area (Å²) in [7, 11) is 0. The largest absolute Gasteiger partial charge is 0.384 e. The highest BCUT2D eigenvalue weighted by Gasteiger charge is 2.28. The molecular weight excluding hydrogens is 250 g/mol. The van der Waals surface area contributed by atoms with Gasteiger partial charge >= 0.3 is 0 Å². The first-order valence-electron chi connectivity index (χ1n) is 5.77. The Morgan fingerprint density at radius 3 is 2.94 bits per heavy atom. The molecule has 1 fully saturated rings. The third kappa shape index (κ3) is 2.61. The topological polar surface area (TPSA) is 90.7 Å². The zero-order valence-corrected chi connectivity index (χ0v) is 10.8. The van der Waals surface area contributed by atoms with Gasteiger partial charge in [-0.1, -0.05) is 16.9 Å². The summed E-state index contributed by atoms with van der Waals surface area (Å²) in [5.74, 6) is 3.01. The summed E-state index contributed by atoms with van der Waals surface area (Å²) in [5.41, 5.74) is 6.52. The van der Waals surface area contributed by atoms with Crippen LogP contribution >= 0.6 is 11.8 Å². The van der Waals surface area contributed by atoms with Crippen LogP contribution in [0.4, 0.5) is 5.82 Å². The molecule has 3 rings (SSSR count). The molecule has 0 radical (unpaired) electrons. The quantitative estimate of drug-likeness (QED) is 0.665. The van der Waals surface area contributed by atoms with E-state index in [2.05, 4.69) is 20.1 Å². The van der Waals surface area contributed by atoms with Gasteiger partial charge in [-0.05, 0) is 19.8 Å². The lowest BCUT2D eigenvalue weighted by Gasteiger charge is -2.00. The van der Waals surface area contributed by atoms with Gasteiger partial charge in [-0.25, -0.2) is 9.97 Å². The first-order chi connectivity index (χ1) is 8.70. The number of nitrogens with zero attached hydrogens (tertiary/aromatic N) is 4. The molecule has 0 bridgehead atoms. The van der Waals surface area contributed by atoms with E-state index in [0.29, 0.717) is 28.5 Å². The third-order valence-electron chi connectivity index (χ3n) is 2.60. The summed E-state index contributed by atoms with van der Waals surface area (Å²) >= 11 is 1.45. The highest BCUT2D eigenvalue weighted by Crippen LogP contribution is 2.38. The van der Waals surface area contributed by atoms with Crippen molar-refractivity contribution in [3.63, 3.8) is 0 Å². The molecule has 1 aliphatic rings. The van der Waals surface area contributed by atoms with Crippen molar-refractivity contribution in [2.24, 2.45) is 0 Å². The van der Waals surface area contributed by atoms with E-state index < -0.39 is 0 Å². The lowest BCUT2D eigenvalue weighted by atomic mass is 10.4. The number of aryl methyl sites for hydroxylation is 1.